The molecule has 1 aromatic rings. The van der Waals surface area contributed by atoms with Crippen molar-refractivity contribution < 1.29 is 13.6 Å². The van der Waals surface area contributed by atoms with Crippen LogP contribution in [-0.2, 0) is 4.79 Å². The first-order chi connectivity index (χ1) is 9.54. The second-order valence-corrected chi connectivity index (χ2v) is 5.20. The van der Waals surface area contributed by atoms with Gasteiger partial charge >= 0.3 is 0 Å². The summed E-state index contributed by atoms with van der Waals surface area (Å²) >= 11 is 0. The maximum absolute atomic E-state index is 13.4. The zero-order chi connectivity index (χ0) is 14.7. The number of unbranched alkanes of at least 4 members (excludes halogenated alkanes) is 3. The summed E-state index contributed by atoms with van der Waals surface area (Å²) in [5, 5.41) is 2.91. The van der Waals surface area contributed by atoms with Crippen LogP contribution in [0.25, 0.3) is 0 Å². The van der Waals surface area contributed by atoms with Crippen LogP contribution in [0.4, 0.5) is 20.2 Å². The van der Waals surface area contributed by atoms with Crippen LogP contribution in [-0.4, -0.2) is 18.5 Å². The number of carbonyl (C=O) groups is 1. The summed E-state index contributed by atoms with van der Waals surface area (Å²) < 4.78 is 26.7. The molecule has 0 fully saturated rings. The number of anilines is 2. The van der Waals surface area contributed by atoms with E-state index in [2.05, 4.69) is 12.2 Å². The molecule has 1 heterocycles. The van der Waals surface area contributed by atoms with E-state index in [0.717, 1.165) is 37.8 Å². The SMILES string of the molecule is CCCCCCN1C(=O)C(C)Nc2cc(F)c(F)cc21. The monoisotopic (exact) mass is 282 g/mol. The lowest BCUT2D eigenvalue weighted by Gasteiger charge is -2.34. The molecule has 1 N–H and O–H groups in total. The number of benzene rings is 1. The Bertz CT molecular complexity index is 505. The molecule has 0 saturated carbocycles. The molecule has 0 aromatic heterocycles. The van der Waals surface area contributed by atoms with Gasteiger partial charge in [-0.05, 0) is 13.3 Å². The van der Waals surface area contributed by atoms with Gasteiger partial charge in [-0.25, -0.2) is 8.78 Å². The quantitative estimate of drug-likeness (QED) is 0.835. The summed E-state index contributed by atoms with van der Waals surface area (Å²) in [5.41, 5.74) is 0.912. The minimum atomic E-state index is -0.925. The lowest BCUT2D eigenvalue weighted by Crippen LogP contribution is -2.46. The van der Waals surface area contributed by atoms with Crippen molar-refractivity contribution in [2.45, 2.75) is 45.6 Å². The molecule has 1 aliphatic heterocycles. The summed E-state index contributed by atoms with van der Waals surface area (Å²) in [5.74, 6) is -1.92. The summed E-state index contributed by atoms with van der Waals surface area (Å²) in [4.78, 5) is 13.8. The molecule has 1 aromatic carbocycles. The number of nitrogens with one attached hydrogen (secondary N) is 1. The predicted molar refractivity (Wildman–Crippen MR) is 75.9 cm³/mol. The van der Waals surface area contributed by atoms with Crippen LogP contribution in [0.3, 0.4) is 0 Å². The molecule has 0 saturated heterocycles. The Morgan fingerprint density at radius 3 is 2.60 bits per heavy atom. The molecule has 1 amide bonds. The van der Waals surface area contributed by atoms with Gasteiger partial charge < -0.3 is 10.2 Å². The molecular weight excluding hydrogens is 262 g/mol. The van der Waals surface area contributed by atoms with E-state index in [1.165, 1.54) is 0 Å². The number of fused-ring (bicyclic) bond motifs is 1. The van der Waals surface area contributed by atoms with Gasteiger partial charge in [-0.1, -0.05) is 26.2 Å². The third kappa shape index (κ3) is 2.92. The number of amides is 1. The molecule has 20 heavy (non-hydrogen) atoms. The molecule has 0 aliphatic carbocycles. The summed E-state index contributed by atoms with van der Waals surface area (Å²) in [7, 11) is 0. The highest BCUT2D eigenvalue weighted by molar-refractivity contribution is 6.04. The average Bonchev–Trinajstić information content (AvgIpc) is 2.41. The lowest BCUT2D eigenvalue weighted by atomic mass is 10.1. The fourth-order valence-corrected chi connectivity index (χ4v) is 2.45. The van der Waals surface area contributed by atoms with E-state index in [1.807, 2.05) is 0 Å². The second kappa shape index (κ2) is 6.20. The van der Waals surface area contributed by atoms with Gasteiger partial charge in [0.1, 0.15) is 6.04 Å². The van der Waals surface area contributed by atoms with Crippen molar-refractivity contribution in [1.29, 1.82) is 0 Å². The summed E-state index contributed by atoms with van der Waals surface area (Å²) in [6.45, 7) is 4.39. The molecule has 0 radical (unpaired) electrons. The third-order valence-electron chi connectivity index (χ3n) is 3.57. The van der Waals surface area contributed by atoms with Gasteiger partial charge in [0.15, 0.2) is 11.6 Å². The highest BCUT2D eigenvalue weighted by Gasteiger charge is 2.30. The molecule has 0 spiro atoms. The normalized spacial score (nSPS) is 17.9. The Morgan fingerprint density at radius 2 is 1.90 bits per heavy atom. The Balaban J connectivity index is 2.22. The van der Waals surface area contributed by atoms with E-state index in [1.54, 1.807) is 11.8 Å². The Morgan fingerprint density at radius 1 is 1.20 bits per heavy atom. The number of nitrogens with zero attached hydrogens (tertiary/aromatic N) is 1. The summed E-state index contributed by atoms with van der Waals surface area (Å²) in [6, 6.07) is 1.80. The average molecular weight is 282 g/mol. The Kier molecular flexibility index (Phi) is 4.57. The van der Waals surface area contributed by atoms with Crippen molar-refractivity contribution in [2.24, 2.45) is 0 Å². The van der Waals surface area contributed by atoms with E-state index in [9.17, 15) is 13.6 Å². The number of hydrogen-bond donors (Lipinski definition) is 1. The minimum Gasteiger partial charge on any atom is -0.372 e. The van der Waals surface area contributed by atoms with Gasteiger partial charge in [-0.2, -0.15) is 0 Å². The van der Waals surface area contributed by atoms with Crippen LogP contribution in [0, 0.1) is 11.6 Å². The molecule has 110 valence electrons. The van der Waals surface area contributed by atoms with Crippen molar-refractivity contribution in [3.63, 3.8) is 0 Å². The maximum atomic E-state index is 13.4. The van der Waals surface area contributed by atoms with Gasteiger partial charge in [-0.3, -0.25) is 4.79 Å². The van der Waals surface area contributed by atoms with Crippen LogP contribution < -0.4 is 10.2 Å². The third-order valence-corrected chi connectivity index (χ3v) is 3.57. The topological polar surface area (TPSA) is 32.3 Å². The van der Waals surface area contributed by atoms with Crippen molar-refractivity contribution in [1.82, 2.24) is 0 Å². The smallest absolute Gasteiger partial charge is 0.249 e. The molecular formula is C15H20F2N2O. The highest BCUT2D eigenvalue weighted by atomic mass is 19.2. The zero-order valence-corrected chi connectivity index (χ0v) is 11.9. The van der Waals surface area contributed by atoms with Crippen molar-refractivity contribution in [3.8, 4) is 0 Å². The van der Waals surface area contributed by atoms with Gasteiger partial charge in [0.25, 0.3) is 0 Å². The molecule has 1 unspecified atom stereocenters. The first kappa shape index (κ1) is 14.8. The maximum Gasteiger partial charge on any atom is 0.249 e. The largest absolute Gasteiger partial charge is 0.372 e. The van der Waals surface area contributed by atoms with Gasteiger partial charge in [0, 0.05) is 18.7 Å². The van der Waals surface area contributed by atoms with E-state index in [4.69, 9.17) is 0 Å². The fraction of sp³-hybridized carbons (Fsp3) is 0.533. The number of rotatable bonds is 5. The van der Waals surface area contributed by atoms with Crippen LogP contribution >= 0.6 is 0 Å². The number of carbonyl (C=O) groups excluding carboxylic acids is 1. The lowest BCUT2D eigenvalue weighted by molar-refractivity contribution is -0.119. The first-order valence-electron chi connectivity index (χ1n) is 7.11. The molecule has 0 bridgehead atoms. The second-order valence-electron chi connectivity index (χ2n) is 5.20. The molecule has 2 rings (SSSR count). The van der Waals surface area contributed by atoms with Crippen LogP contribution in [0.15, 0.2) is 12.1 Å². The van der Waals surface area contributed by atoms with Crippen molar-refractivity contribution >= 4 is 17.3 Å². The van der Waals surface area contributed by atoms with E-state index < -0.39 is 17.7 Å². The van der Waals surface area contributed by atoms with E-state index in [0.29, 0.717) is 17.9 Å². The molecule has 1 atom stereocenters. The first-order valence-corrected chi connectivity index (χ1v) is 7.11. The van der Waals surface area contributed by atoms with Crippen LogP contribution in [0.2, 0.25) is 0 Å². The molecule has 5 heteroatoms. The molecule has 1 aliphatic rings. The van der Waals surface area contributed by atoms with E-state index >= 15 is 0 Å². The van der Waals surface area contributed by atoms with Crippen LogP contribution in [0.5, 0.6) is 0 Å². The number of hydrogen-bond acceptors (Lipinski definition) is 2. The summed E-state index contributed by atoms with van der Waals surface area (Å²) in [6.07, 6.45) is 4.12. The Hall–Kier alpha value is -1.65. The fourth-order valence-electron chi connectivity index (χ4n) is 2.45. The number of halogens is 2. The van der Waals surface area contributed by atoms with Crippen LogP contribution in [0.1, 0.15) is 39.5 Å². The zero-order valence-electron chi connectivity index (χ0n) is 11.9. The predicted octanol–water partition coefficient (Wildman–Crippen LogP) is 3.69. The van der Waals surface area contributed by atoms with E-state index in [-0.39, 0.29) is 5.91 Å². The van der Waals surface area contributed by atoms with Gasteiger partial charge in [0.05, 0.1) is 11.4 Å². The molecule has 3 nitrogen and oxygen atoms in total. The highest BCUT2D eigenvalue weighted by Crippen LogP contribution is 2.33. The standard InChI is InChI=1S/C15H20F2N2O/c1-3-4-5-6-7-19-14-9-12(17)11(16)8-13(14)18-10(2)15(19)20/h8-10,18H,3-7H2,1-2H3. The Labute approximate surface area is 118 Å². The van der Waals surface area contributed by atoms with Gasteiger partial charge in [-0.15, -0.1) is 0 Å². The van der Waals surface area contributed by atoms with Gasteiger partial charge in [0.2, 0.25) is 5.91 Å². The van der Waals surface area contributed by atoms with Crippen molar-refractivity contribution in [3.05, 3.63) is 23.8 Å². The minimum absolute atomic E-state index is 0.0972. The van der Waals surface area contributed by atoms with Crippen molar-refractivity contribution in [2.75, 3.05) is 16.8 Å².